The van der Waals surface area contributed by atoms with Crippen molar-refractivity contribution in [3.05, 3.63) is 35.5 Å². The monoisotopic (exact) mass is 400 g/mol. The zero-order valence-electron chi connectivity index (χ0n) is 19.3. The van der Waals surface area contributed by atoms with E-state index in [9.17, 15) is 10.2 Å². The van der Waals surface area contributed by atoms with E-state index in [4.69, 9.17) is 0 Å². The molecule has 0 aliphatic heterocycles. The minimum absolute atomic E-state index is 0.218. The van der Waals surface area contributed by atoms with Gasteiger partial charge in [0.1, 0.15) is 0 Å². The molecular weight excluding hydrogens is 356 g/mol. The van der Waals surface area contributed by atoms with E-state index in [-0.39, 0.29) is 17.6 Å². The van der Waals surface area contributed by atoms with Crippen molar-refractivity contribution < 1.29 is 10.2 Å². The van der Waals surface area contributed by atoms with Crippen molar-refractivity contribution in [2.24, 2.45) is 29.1 Å². The third kappa shape index (κ3) is 5.25. The molecule has 2 nitrogen and oxygen atoms in total. The maximum Gasteiger partial charge on any atom is 0.0583 e. The number of hydrogen-bond acceptors (Lipinski definition) is 2. The topological polar surface area (TPSA) is 40.5 Å². The number of aliphatic hydroxyl groups excluding tert-OH is 2. The highest BCUT2D eigenvalue weighted by atomic mass is 16.3. The summed E-state index contributed by atoms with van der Waals surface area (Å²) < 4.78 is 0. The van der Waals surface area contributed by atoms with Crippen LogP contribution in [0, 0.1) is 29.1 Å². The second kappa shape index (κ2) is 9.52. The Morgan fingerprint density at radius 1 is 1.03 bits per heavy atom. The van der Waals surface area contributed by atoms with Crippen LogP contribution in [-0.4, -0.2) is 22.4 Å². The van der Waals surface area contributed by atoms with Gasteiger partial charge in [-0.15, -0.1) is 0 Å². The second-order valence-corrected chi connectivity index (χ2v) is 11.0. The molecule has 0 radical (unpaired) electrons. The normalized spacial score (nSPS) is 39.3. The molecule has 0 spiro atoms. The molecule has 164 valence electrons. The van der Waals surface area contributed by atoms with Crippen molar-refractivity contribution in [3.8, 4) is 0 Å². The van der Waals surface area contributed by atoms with Crippen LogP contribution in [0.1, 0.15) is 91.9 Å². The maximum atomic E-state index is 10.8. The first-order valence-corrected chi connectivity index (χ1v) is 12.1. The van der Waals surface area contributed by atoms with Gasteiger partial charge in [0.15, 0.2) is 0 Å². The van der Waals surface area contributed by atoms with Gasteiger partial charge in [0.2, 0.25) is 0 Å². The van der Waals surface area contributed by atoms with E-state index in [0.717, 1.165) is 49.9 Å². The van der Waals surface area contributed by atoms with E-state index in [1.165, 1.54) is 48.8 Å². The molecule has 3 rings (SSSR count). The van der Waals surface area contributed by atoms with E-state index in [2.05, 4.69) is 46.4 Å². The van der Waals surface area contributed by atoms with Crippen molar-refractivity contribution in [1.29, 1.82) is 0 Å². The zero-order valence-corrected chi connectivity index (χ0v) is 19.3. The number of fused-ring (bicyclic) bond motifs is 1. The highest BCUT2D eigenvalue weighted by Gasteiger charge is 2.52. The predicted octanol–water partition coefficient (Wildman–Crippen LogP) is 6.59. The molecule has 0 aromatic carbocycles. The molecular formula is C27H44O2. The average Bonchev–Trinajstić information content (AvgIpc) is 2.98. The lowest BCUT2D eigenvalue weighted by Gasteiger charge is -2.46. The molecule has 1 unspecified atom stereocenters. The van der Waals surface area contributed by atoms with Crippen molar-refractivity contribution in [2.75, 3.05) is 0 Å². The number of allylic oxidation sites excluding steroid dienone is 3. The quantitative estimate of drug-likeness (QED) is 0.528. The first kappa shape index (κ1) is 22.8. The summed E-state index contributed by atoms with van der Waals surface area (Å²) in [4.78, 5) is 0. The Bertz CT molecular complexity index is 643. The van der Waals surface area contributed by atoms with Gasteiger partial charge in [0.05, 0.1) is 12.2 Å². The Morgan fingerprint density at radius 3 is 2.52 bits per heavy atom. The molecule has 2 N–H and O–H groups in total. The summed E-state index contributed by atoms with van der Waals surface area (Å²) in [7, 11) is 0. The number of rotatable bonds is 6. The number of hydrogen-bond donors (Lipinski definition) is 2. The molecule has 3 fully saturated rings. The highest BCUT2D eigenvalue weighted by Crippen LogP contribution is 2.60. The summed E-state index contributed by atoms with van der Waals surface area (Å²) in [6, 6.07) is 0. The van der Waals surface area contributed by atoms with Crippen LogP contribution in [0.25, 0.3) is 0 Å². The van der Waals surface area contributed by atoms with Crippen LogP contribution in [0.15, 0.2) is 35.5 Å². The second-order valence-electron chi connectivity index (χ2n) is 11.0. The molecule has 3 aliphatic rings. The minimum atomic E-state index is -0.227. The van der Waals surface area contributed by atoms with Crippen molar-refractivity contribution >= 4 is 0 Å². The van der Waals surface area contributed by atoms with Gasteiger partial charge in [-0.05, 0) is 79.6 Å². The molecule has 29 heavy (non-hydrogen) atoms. The first-order chi connectivity index (χ1) is 13.7. The van der Waals surface area contributed by atoms with E-state index in [0.29, 0.717) is 5.92 Å². The standard InChI is InChI=1S/C27H44O2/c1-18(2)7-6-8-20(4)25-13-14-26-22(16-24(29)17-27(25,26)5)11-10-21-15-23(28)12-9-19(21)3/h10-11,18,20,23-26,28-29H,3,6-9,12-17H2,1-2,4-5H3/b21-10-,22-11+/t20-,23+,24+,25-,26?,27-/m1/s1. The van der Waals surface area contributed by atoms with Crippen LogP contribution in [0.3, 0.4) is 0 Å². The zero-order chi connectivity index (χ0) is 21.2. The van der Waals surface area contributed by atoms with Gasteiger partial charge in [-0.25, -0.2) is 0 Å². The van der Waals surface area contributed by atoms with Gasteiger partial charge < -0.3 is 10.2 Å². The summed E-state index contributed by atoms with van der Waals surface area (Å²) in [5, 5.41) is 20.8. The molecule has 3 saturated carbocycles. The van der Waals surface area contributed by atoms with Gasteiger partial charge in [-0.3, -0.25) is 0 Å². The predicted molar refractivity (Wildman–Crippen MR) is 123 cm³/mol. The Balaban J connectivity index is 1.75. The van der Waals surface area contributed by atoms with Gasteiger partial charge in [-0.1, -0.05) is 76.8 Å². The van der Waals surface area contributed by atoms with E-state index >= 15 is 0 Å². The largest absolute Gasteiger partial charge is 0.393 e. The Morgan fingerprint density at radius 2 is 1.79 bits per heavy atom. The van der Waals surface area contributed by atoms with Crippen molar-refractivity contribution in [3.63, 3.8) is 0 Å². The summed E-state index contributed by atoms with van der Waals surface area (Å²) >= 11 is 0. The third-order valence-electron chi connectivity index (χ3n) is 8.32. The molecule has 3 aliphatic carbocycles. The summed E-state index contributed by atoms with van der Waals surface area (Å²) in [6.45, 7) is 13.8. The smallest absolute Gasteiger partial charge is 0.0583 e. The SMILES string of the molecule is C=C1CC[C@H](O)C/C1=C/C=C1\C[C@H](O)C[C@@]2(C)C1CC[C@@H]2[C@H](C)CCCC(C)C. The van der Waals surface area contributed by atoms with Crippen LogP contribution >= 0.6 is 0 Å². The third-order valence-corrected chi connectivity index (χ3v) is 8.32. The van der Waals surface area contributed by atoms with E-state index in [1.807, 2.05) is 0 Å². The lowest BCUT2D eigenvalue weighted by Crippen LogP contribution is -2.40. The van der Waals surface area contributed by atoms with Crippen LogP contribution in [0.2, 0.25) is 0 Å². The van der Waals surface area contributed by atoms with Gasteiger partial charge in [-0.2, -0.15) is 0 Å². The van der Waals surface area contributed by atoms with Crippen LogP contribution in [-0.2, 0) is 0 Å². The lowest BCUT2D eigenvalue weighted by atomic mass is 9.60. The average molecular weight is 401 g/mol. The molecule has 0 bridgehead atoms. The van der Waals surface area contributed by atoms with E-state index < -0.39 is 0 Å². The highest BCUT2D eigenvalue weighted by molar-refractivity contribution is 5.36. The van der Waals surface area contributed by atoms with Gasteiger partial charge in [0.25, 0.3) is 0 Å². The Labute approximate surface area is 179 Å². The summed E-state index contributed by atoms with van der Waals surface area (Å²) in [5.74, 6) is 2.85. The first-order valence-electron chi connectivity index (χ1n) is 12.1. The van der Waals surface area contributed by atoms with Crippen LogP contribution in [0.5, 0.6) is 0 Å². The molecule has 0 heterocycles. The molecule has 0 aromatic heterocycles. The fraction of sp³-hybridized carbons (Fsp3) is 0.778. The fourth-order valence-corrected chi connectivity index (χ4v) is 6.72. The van der Waals surface area contributed by atoms with E-state index in [1.54, 1.807) is 0 Å². The minimum Gasteiger partial charge on any atom is -0.393 e. The Hall–Kier alpha value is -0.860. The van der Waals surface area contributed by atoms with Crippen molar-refractivity contribution in [2.45, 2.75) is 104 Å². The maximum absolute atomic E-state index is 10.8. The van der Waals surface area contributed by atoms with Crippen LogP contribution < -0.4 is 0 Å². The number of aliphatic hydroxyl groups is 2. The van der Waals surface area contributed by atoms with Crippen LogP contribution in [0.4, 0.5) is 0 Å². The van der Waals surface area contributed by atoms with Crippen molar-refractivity contribution in [1.82, 2.24) is 0 Å². The molecule has 6 atom stereocenters. The fourth-order valence-electron chi connectivity index (χ4n) is 6.72. The summed E-state index contributed by atoms with van der Waals surface area (Å²) in [6.07, 6.45) is 14.8. The lowest BCUT2D eigenvalue weighted by molar-refractivity contribution is 0.0164. The molecule has 0 aromatic rings. The summed E-state index contributed by atoms with van der Waals surface area (Å²) in [5.41, 5.74) is 4.04. The van der Waals surface area contributed by atoms with Gasteiger partial charge in [0, 0.05) is 0 Å². The molecule has 2 heteroatoms. The molecule has 0 amide bonds. The Kier molecular flexibility index (Phi) is 7.49. The molecule has 0 saturated heterocycles. The van der Waals surface area contributed by atoms with Gasteiger partial charge >= 0.3 is 0 Å².